The molecule has 1 nitrogen and oxygen atoms in total. The van der Waals surface area contributed by atoms with Gasteiger partial charge in [0.1, 0.15) is 0 Å². The van der Waals surface area contributed by atoms with Gasteiger partial charge in [-0.15, -0.1) is 0 Å². The highest BCUT2D eigenvalue weighted by atomic mass is 15.2. The third kappa shape index (κ3) is 2.53. The lowest BCUT2D eigenvalue weighted by Crippen LogP contribution is -2.36. The van der Waals surface area contributed by atoms with Gasteiger partial charge in [-0.25, -0.2) is 0 Å². The van der Waals surface area contributed by atoms with Crippen LogP contribution in [-0.4, -0.2) is 0 Å². The fourth-order valence-electron chi connectivity index (χ4n) is 6.83. The van der Waals surface area contributed by atoms with E-state index < -0.39 is 0 Å². The number of nitrogens with zero attached hydrogens (tertiary/aromatic N) is 1. The van der Waals surface area contributed by atoms with Gasteiger partial charge in [0.25, 0.3) is 0 Å². The molecule has 1 aliphatic carbocycles. The van der Waals surface area contributed by atoms with Crippen LogP contribution in [-0.2, 0) is 5.41 Å². The molecule has 5 aromatic rings. The minimum absolute atomic E-state index is 0.344. The van der Waals surface area contributed by atoms with Crippen molar-refractivity contribution in [2.45, 2.75) is 26.2 Å². The molecule has 0 saturated carbocycles. The van der Waals surface area contributed by atoms with Crippen LogP contribution in [0, 0.1) is 20.8 Å². The van der Waals surface area contributed by atoms with Crippen LogP contribution in [0.3, 0.4) is 0 Å². The predicted molar refractivity (Wildman–Crippen MR) is 146 cm³/mol. The van der Waals surface area contributed by atoms with Crippen molar-refractivity contribution in [3.8, 4) is 11.1 Å². The van der Waals surface area contributed by atoms with E-state index in [4.69, 9.17) is 0 Å². The molecule has 0 atom stereocenters. The summed E-state index contributed by atoms with van der Waals surface area (Å²) in [7, 11) is 0. The summed E-state index contributed by atoms with van der Waals surface area (Å²) >= 11 is 0. The third-order valence-corrected chi connectivity index (χ3v) is 7.91. The molecule has 0 unspecified atom stereocenters. The smallest absolute Gasteiger partial charge is 0.0754 e. The Morgan fingerprint density at radius 3 is 1.37 bits per heavy atom. The van der Waals surface area contributed by atoms with Gasteiger partial charge in [-0.05, 0) is 77.4 Å². The number of anilines is 3. The summed E-state index contributed by atoms with van der Waals surface area (Å²) in [6.07, 6.45) is 0. The Bertz CT molecular complexity index is 1520. The maximum absolute atomic E-state index is 2.50. The molecule has 0 amide bonds. The summed E-state index contributed by atoms with van der Waals surface area (Å²) in [4.78, 5) is 2.50. The van der Waals surface area contributed by atoms with Crippen LogP contribution in [0.25, 0.3) is 11.1 Å². The van der Waals surface area contributed by atoms with E-state index >= 15 is 0 Å². The number of rotatable bonds is 1. The average molecular weight is 450 g/mol. The van der Waals surface area contributed by atoms with E-state index in [9.17, 15) is 0 Å². The third-order valence-electron chi connectivity index (χ3n) is 7.91. The van der Waals surface area contributed by atoms with E-state index in [-0.39, 0.29) is 5.41 Å². The van der Waals surface area contributed by atoms with E-state index in [1.807, 2.05) is 0 Å². The zero-order valence-electron chi connectivity index (χ0n) is 20.3. The zero-order chi connectivity index (χ0) is 23.7. The molecule has 0 saturated heterocycles. The van der Waals surface area contributed by atoms with Crippen LogP contribution >= 0.6 is 0 Å². The minimum atomic E-state index is -0.344. The molecule has 0 bridgehead atoms. The van der Waals surface area contributed by atoms with E-state index in [1.165, 1.54) is 67.1 Å². The van der Waals surface area contributed by atoms with Gasteiger partial charge >= 0.3 is 0 Å². The van der Waals surface area contributed by atoms with Crippen molar-refractivity contribution in [1.82, 2.24) is 0 Å². The molecule has 0 aromatic heterocycles. The Morgan fingerprint density at radius 2 is 0.886 bits per heavy atom. The highest BCUT2D eigenvalue weighted by Gasteiger charge is 2.51. The summed E-state index contributed by atoms with van der Waals surface area (Å²) in [6, 6.07) is 40.6. The van der Waals surface area contributed by atoms with Crippen LogP contribution in [0.4, 0.5) is 17.1 Å². The number of hydrogen-bond acceptors (Lipinski definition) is 1. The maximum Gasteiger partial charge on any atom is 0.0754 e. The van der Waals surface area contributed by atoms with Gasteiger partial charge in [-0.1, -0.05) is 103 Å². The van der Waals surface area contributed by atoms with E-state index in [2.05, 4.69) is 135 Å². The standard InChI is InChI=1S/C34H27N/c1-22-20-23(2)33(24(3)21-22)35-31-18-10-8-16-29(31)34(30-17-9-11-19-32(30)35)27-14-6-4-12-25(27)26-13-5-7-15-28(26)34/h4-21H,1-3H3. The molecule has 1 heterocycles. The average Bonchev–Trinajstić information content (AvgIpc) is 3.17. The van der Waals surface area contributed by atoms with Crippen LogP contribution in [0.2, 0.25) is 0 Å². The normalized spacial score (nSPS) is 14.3. The summed E-state index contributed by atoms with van der Waals surface area (Å²) < 4.78 is 0. The number of para-hydroxylation sites is 2. The van der Waals surface area contributed by atoms with Crippen molar-refractivity contribution in [2.75, 3.05) is 4.90 Å². The molecule has 1 heteroatoms. The highest BCUT2D eigenvalue weighted by Crippen LogP contribution is 2.63. The number of fused-ring (bicyclic) bond motifs is 9. The number of hydrogen-bond donors (Lipinski definition) is 0. The molecule has 7 rings (SSSR count). The molecule has 0 radical (unpaired) electrons. The Morgan fingerprint density at radius 1 is 0.486 bits per heavy atom. The van der Waals surface area contributed by atoms with Gasteiger partial charge in [0.2, 0.25) is 0 Å². The first-order valence-corrected chi connectivity index (χ1v) is 12.4. The largest absolute Gasteiger partial charge is 0.309 e. The summed E-state index contributed by atoms with van der Waals surface area (Å²) in [5.41, 5.74) is 15.5. The lowest BCUT2D eigenvalue weighted by atomic mass is 9.64. The molecule has 168 valence electrons. The number of aryl methyl sites for hydroxylation is 3. The second kappa shape index (κ2) is 7.20. The SMILES string of the molecule is Cc1cc(C)c(N2c3ccccc3C3(c4ccccc4-c4ccccc43)c3ccccc32)c(C)c1. The molecular formula is C34H27N. The molecule has 35 heavy (non-hydrogen) atoms. The molecule has 0 fully saturated rings. The van der Waals surface area contributed by atoms with Crippen molar-refractivity contribution in [2.24, 2.45) is 0 Å². The van der Waals surface area contributed by atoms with Crippen LogP contribution < -0.4 is 4.90 Å². The quantitative estimate of drug-likeness (QED) is 0.242. The Hall–Kier alpha value is -4.10. The fourth-order valence-corrected chi connectivity index (χ4v) is 6.83. The lowest BCUT2D eigenvalue weighted by molar-refractivity contribution is 0.752. The van der Waals surface area contributed by atoms with Gasteiger partial charge in [-0.3, -0.25) is 0 Å². The summed E-state index contributed by atoms with van der Waals surface area (Å²) in [6.45, 7) is 6.67. The molecular weight excluding hydrogens is 422 g/mol. The van der Waals surface area contributed by atoms with E-state index in [1.54, 1.807) is 0 Å². The molecule has 2 aliphatic rings. The topological polar surface area (TPSA) is 3.24 Å². The summed E-state index contributed by atoms with van der Waals surface area (Å²) in [5, 5.41) is 0. The minimum Gasteiger partial charge on any atom is -0.309 e. The second-order valence-corrected chi connectivity index (χ2v) is 9.96. The van der Waals surface area contributed by atoms with E-state index in [0.717, 1.165) is 0 Å². The first-order chi connectivity index (χ1) is 17.1. The monoisotopic (exact) mass is 449 g/mol. The summed E-state index contributed by atoms with van der Waals surface area (Å²) in [5.74, 6) is 0. The molecule has 0 N–H and O–H groups in total. The maximum atomic E-state index is 2.50. The van der Waals surface area contributed by atoms with Gasteiger partial charge in [-0.2, -0.15) is 0 Å². The van der Waals surface area contributed by atoms with Crippen LogP contribution in [0.15, 0.2) is 109 Å². The van der Waals surface area contributed by atoms with Gasteiger partial charge in [0.15, 0.2) is 0 Å². The second-order valence-electron chi connectivity index (χ2n) is 9.96. The van der Waals surface area contributed by atoms with Crippen molar-refractivity contribution in [3.63, 3.8) is 0 Å². The van der Waals surface area contributed by atoms with Crippen molar-refractivity contribution in [3.05, 3.63) is 148 Å². The van der Waals surface area contributed by atoms with Gasteiger partial charge in [0, 0.05) is 0 Å². The van der Waals surface area contributed by atoms with Crippen molar-refractivity contribution >= 4 is 17.1 Å². The molecule has 5 aromatic carbocycles. The first kappa shape index (κ1) is 20.3. The molecule has 1 aliphatic heterocycles. The van der Waals surface area contributed by atoms with Crippen LogP contribution in [0.5, 0.6) is 0 Å². The van der Waals surface area contributed by atoms with E-state index in [0.29, 0.717) is 0 Å². The Kier molecular flexibility index (Phi) is 4.17. The zero-order valence-corrected chi connectivity index (χ0v) is 20.3. The fraction of sp³-hybridized carbons (Fsp3) is 0.118. The van der Waals surface area contributed by atoms with Gasteiger partial charge in [0.05, 0.1) is 22.5 Å². The Balaban J connectivity index is 1.66. The van der Waals surface area contributed by atoms with Crippen LogP contribution in [0.1, 0.15) is 38.9 Å². The van der Waals surface area contributed by atoms with Crippen molar-refractivity contribution in [1.29, 1.82) is 0 Å². The Labute approximate surface area is 207 Å². The predicted octanol–water partition coefficient (Wildman–Crippen LogP) is 8.76. The highest BCUT2D eigenvalue weighted by molar-refractivity contribution is 5.96. The lowest BCUT2D eigenvalue weighted by Gasteiger charge is -2.45. The molecule has 1 spiro atoms. The first-order valence-electron chi connectivity index (χ1n) is 12.4. The number of benzene rings is 5. The van der Waals surface area contributed by atoms with Gasteiger partial charge < -0.3 is 4.90 Å². The van der Waals surface area contributed by atoms with Crippen molar-refractivity contribution < 1.29 is 0 Å².